The Morgan fingerprint density at radius 1 is 1.21 bits per heavy atom. The van der Waals surface area contributed by atoms with Crippen molar-refractivity contribution in [2.75, 3.05) is 18.0 Å². The van der Waals surface area contributed by atoms with E-state index >= 15 is 0 Å². The molecule has 0 amide bonds. The normalized spacial score (nSPS) is 16.7. The molecule has 1 N–H and O–H groups in total. The molecule has 2 aliphatic rings. The van der Waals surface area contributed by atoms with Crippen LogP contribution in [0.2, 0.25) is 0 Å². The van der Waals surface area contributed by atoms with Gasteiger partial charge < -0.3 is 14.6 Å². The quantitative estimate of drug-likeness (QED) is 0.812. The molecule has 0 atom stereocenters. The number of carboxylic acids is 1. The van der Waals surface area contributed by atoms with E-state index in [0.717, 1.165) is 31.1 Å². The van der Waals surface area contributed by atoms with Gasteiger partial charge in [-0.1, -0.05) is 6.07 Å². The Labute approximate surface area is 171 Å². The Kier molecular flexibility index (Phi) is 5.21. The zero-order valence-electron chi connectivity index (χ0n) is 17.4. The lowest BCUT2D eigenvalue weighted by Gasteiger charge is -2.33. The number of aryl methyl sites for hydroxylation is 1. The molecular formula is C23H29N3O3. The van der Waals surface area contributed by atoms with Crippen LogP contribution in [-0.2, 0) is 20.0 Å². The fraction of sp³-hybridized carbons (Fsp3) is 0.478. The lowest BCUT2D eigenvalue weighted by atomic mass is 9.98. The molecule has 0 saturated heterocycles. The third-order valence-corrected chi connectivity index (χ3v) is 5.97. The number of hydrogen-bond donors (Lipinski definition) is 1. The Morgan fingerprint density at radius 2 is 1.97 bits per heavy atom. The summed E-state index contributed by atoms with van der Waals surface area (Å²) in [6, 6.07) is 8.15. The highest BCUT2D eigenvalue weighted by atomic mass is 16.4. The van der Waals surface area contributed by atoms with Crippen LogP contribution < -0.4 is 10.5 Å². The van der Waals surface area contributed by atoms with Crippen molar-refractivity contribution in [1.29, 1.82) is 0 Å². The summed E-state index contributed by atoms with van der Waals surface area (Å²) >= 11 is 0. The molecule has 154 valence electrons. The van der Waals surface area contributed by atoms with E-state index in [4.69, 9.17) is 0 Å². The molecule has 2 aromatic rings. The smallest absolute Gasteiger partial charge is 0.341 e. The summed E-state index contributed by atoms with van der Waals surface area (Å²) in [7, 11) is 1.60. The number of carboxylic acid groups (broad SMARTS) is 1. The molecular weight excluding hydrogens is 366 g/mol. The molecule has 4 rings (SSSR count). The van der Waals surface area contributed by atoms with Crippen LogP contribution in [0.4, 0.5) is 11.4 Å². The Bertz CT molecular complexity index is 991. The van der Waals surface area contributed by atoms with Gasteiger partial charge in [0.25, 0.3) is 5.56 Å². The fourth-order valence-corrected chi connectivity index (χ4v) is 4.30. The number of aromatic nitrogens is 1. The van der Waals surface area contributed by atoms with E-state index in [1.54, 1.807) is 13.2 Å². The average molecular weight is 396 g/mol. The predicted octanol–water partition coefficient (Wildman–Crippen LogP) is 3.40. The molecule has 1 aromatic carbocycles. The molecule has 1 saturated carbocycles. The second-order valence-corrected chi connectivity index (χ2v) is 8.68. The Balaban J connectivity index is 1.70. The number of pyridine rings is 1. The van der Waals surface area contributed by atoms with Gasteiger partial charge in [-0.2, -0.15) is 0 Å². The largest absolute Gasteiger partial charge is 0.477 e. The van der Waals surface area contributed by atoms with Gasteiger partial charge in [-0.25, -0.2) is 4.79 Å². The first-order valence-electron chi connectivity index (χ1n) is 10.4. The van der Waals surface area contributed by atoms with E-state index in [-0.39, 0.29) is 11.6 Å². The topological polar surface area (TPSA) is 65.8 Å². The molecule has 6 heteroatoms. The van der Waals surface area contributed by atoms with E-state index in [2.05, 4.69) is 41.8 Å². The lowest BCUT2D eigenvalue weighted by Crippen LogP contribution is -2.33. The minimum atomic E-state index is -1.20. The van der Waals surface area contributed by atoms with Crippen molar-refractivity contribution >= 4 is 17.3 Å². The molecule has 0 spiro atoms. The SMILES string of the molecule is CC(C)N(c1ccc2c(c1)CN(CC1CC1)CC2)c1cc(C(=O)O)c(=O)n(C)c1. The van der Waals surface area contributed by atoms with Gasteiger partial charge in [0.1, 0.15) is 5.56 Å². The summed E-state index contributed by atoms with van der Waals surface area (Å²) in [5, 5.41) is 9.43. The standard InChI is InChI=1S/C23H29N3O3/c1-15(2)26(20-11-21(23(28)29)22(27)24(3)14-20)19-7-6-17-8-9-25(12-16-4-5-16)13-18(17)10-19/h6-7,10-11,14-16H,4-5,8-9,12-13H2,1-3H3,(H,28,29). The lowest BCUT2D eigenvalue weighted by molar-refractivity contribution is 0.0694. The first kappa shape index (κ1) is 19.7. The van der Waals surface area contributed by atoms with Crippen molar-refractivity contribution in [1.82, 2.24) is 9.47 Å². The third-order valence-electron chi connectivity index (χ3n) is 5.97. The van der Waals surface area contributed by atoms with Crippen molar-refractivity contribution in [2.45, 2.75) is 45.7 Å². The van der Waals surface area contributed by atoms with Gasteiger partial charge in [-0.05, 0) is 68.4 Å². The number of nitrogens with zero attached hydrogens (tertiary/aromatic N) is 3. The van der Waals surface area contributed by atoms with Gasteiger partial charge in [0.15, 0.2) is 0 Å². The molecule has 1 aliphatic heterocycles. The van der Waals surface area contributed by atoms with Gasteiger partial charge in [-0.3, -0.25) is 9.69 Å². The minimum absolute atomic E-state index is 0.110. The highest BCUT2D eigenvalue weighted by Crippen LogP contribution is 2.34. The molecule has 29 heavy (non-hydrogen) atoms. The summed E-state index contributed by atoms with van der Waals surface area (Å²) < 4.78 is 1.35. The summed E-state index contributed by atoms with van der Waals surface area (Å²) in [6.45, 7) is 7.44. The van der Waals surface area contributed by atoms with Gasteiger partial charge in [-0.15, -0.1) is 0 Å². The molecule has 6 nitrogen and oxygen atoms in total. The molecule has 1 aromatic heterocycles. The van der Waals surface area contributed by atoms with Crippen molar-refractivity contribution < 1.29 is 9.90 Å². The zero-order valence-corrected chi connectivity index (χ0v) is 17.4. The number of aromatic carboxylic acids is 1. The number of anilines is 2. The van der Waals surface area contributed by atoms with Gasteiger partial charge in [0.2, 0.25) is 0 Å². The summed E-state index contributed by atoms with van der Waals surface area (Å²) in [4.78, 5) is 28.4. The zero-order chi connectivity index (χ0) is 20.7. The van der Waals surface area contributed by atoms with Crippen LogP contribution in [0.15, 0.2) is 35.3 Å². The Morgan fingerprint density at radius 3 is 2.62 bits per heavy atom. The molecule has 0 radical (unpaired) electrons. The number of carbonyl (C=O) groups is 1. The highest BCUT2D eigenvalue weighted by molar-refractivity contribution is 5.88. The van der Waals surface area contributed by atoms with Crippen LogP contribution in [0.1, 0.15) is 48.2 Å². The molecule has 1 fully saturated rings. The van der Waals surface area contributed by atoms with Gasteiger partial charge in [0, 0.05) is 44.6 Å². The minimum Gasteiger partial charge on any atom is -0.477 e. The van der Waals surface area contributed by atoms with Crippen LogP contribution in [0.5, 0.6) is 0 Å². The van der Waals surface area contributed by atoms with E-state index in [0.29, 0.717) is 5.69 Å². The molecule has 0 bridgehead atoms. The van der Waals surface area contributed by atoms with Crippen molar-refractivity contribution in [3.63, 3.8) is 0 Å². The monoisotopic (exact) mass is 395 g/mol. The number of rotatable bonds is 6. The summed E-state index contributed by atoms with van der Waals surface area (Å²) in [5.74, 6) is -0.316. The summed E-state index contributed by atoms with van der Waals surface area (Å²) in [5.41, 5.74) is 3.79. The number of hydrogen-bond acceptors (Lipinski definition) is 4. The third kappa shape index (κ3) is 4.08. The predicted molar refractivity (Wildman–Crippen MR) is 114 cm³/mol. The van der Waals surface area contributed by atoms with E-state index in [9.17, 15) is 14.7 Å². The van der Waals surface area contributed by atoms with Crippen LogP contribution in [-0.4, -0.2) is 39.7 Å². The van der Waals surface area contributed by atoms with Crippen molar-refractivity contribution in [3.8, 4) is 0 Å². The highest BCUT2D eigenvalue weighted by Gasteiger charge is 2.27. The van der Waals surface area contributed by atoms with Crippen LogP contribution in [0.3, 0.4) is 0 Å². The van der Waals surface area contributed by atoms with Gasteiger partial charge in [0.05, 0.1) is 5.69 Å². The van der Waals surface area contributed by atoms with E-state index < -0.39 is 11.5 Å². The number of benzene rings is 1. The maximum Gasteiger partial charge on any atom is 0.341 e. The maximum absolute atomic E-state index is 12.2. The fourth-order valence-electron chi connectivity index (χ4n) is 4.30. The first-order chi connectivity index (χ1) is 13.8. The second kappa shape index (κ2) is 7.67. The number of fused-ring (bicyclic) bond motifs is 1. The maximum atomic E-state index is 12.2. The van der Waals surface area contributed by atoms with E-state index in [1.807, 2.05) is 0 Å². The van der Waals surface area contributed by atoms with Crippen molar-refractivity contribution in [2.24, 2.45) is 13.0 Å². The van der Waals surface area contributed by atoms with Crippen molar-refractivity contribution in [3.05, 3.63) is 57.5 Å². The second-order valence-electron chi connectivity index (χ2n) is 8.68. The first-order valence-corrected chi connectivity index (χ1v) is 10.4. The molecule has 2 heterocycles. The summed E-state index contributed by atoms with van der Waals surface area (Å²) in [6.07, 6.45) is 5.52. The van der Waals surface area contributed by atoms with Gasteiger partial charge >= 0.3 is 5.97 Å². The van der Waals surface area contributed by atoms with Crippen LogP contribution in [0, 0.1) is 5.92 Å². The average Bonchev–Trinajstić information content (AvgIpc) is 3.47. The molecule has 1 aliphatic carbocycles. The molecule has 0 unspecified atom stereocenters. The Hall–Kier alpha value is -2.60. The van der Waals surface area contributed by atoms with Crippen LogP contribution in [0.25, 0.3) is 0 Å². The van der Waals surface area contributed by atoms with E-state index in [1.165, 1.54) is 41.1 Å². The van der Waals surface area contributed by atoms with Crippen LogP contribution >= 0.6 is 0 Å².